The van der Waals surface area contributed by atoms with E-state index in [1.54, 1.807) is 12.5 Å². The Kier molecular flexibility index (Phi) is 4.80. The van der Waals surface area contributed by atoms with Gasteiger partial charge >= 0.3 is 0 Å². The van der Waals surface area contributed by atoms with Crippen LogP contribution in [0.1, 0.15) is 55.7 Å². The van der Waals surface area contributed by atoms with Crippen LogP contribution in [0.25, 0.3) is 6.08 Å². The molecule has 0 radical (unpaired) electrons. The van der Waals surface area contributed by atoms with Crippen LogP contribution in [-0.2, 0) is 11.0 Å². The van der Waals surface area contributed by atoms with Gasteiger partial charge in [-0.3, -0.25) is 4.98 Å². The van der Waals surface area contributed by atoms with Gasteiger partial charge in [0.1, 0.15) is 11.0 Å². The smallest absolute Gasteiger partial charge is 0.248 e. The lowest BCUT2D eigenvalue weighted by Crippen LogP contribution is -2.23. The lowest BCUT2D eigenvalue weighted by molar-refractivity contribution is -0.0410. The molecule has 1 N–H and O–H groups in total. The Morgan fingerprint density at radius 3 is 2.61 bits per heavy atom. The van der Waals surface area contributed by atoms with Gasteiger partial charge in [0, 0.05) is 25.0 Å². The SMILES string of the molecule is CS(=O)Nc1cnc(C2CC2)c(/C=C/C2CCC(F)(F)CC2)c1. The van der Waals surface area contributed by atoms with Gasteiger partial charge in [0.25, 0.3) is 0 Å². The monoisotopic (exact) mass is 340 g/mol. The molecule has 6 heteroatoms. The van der Waals surface area contributed by atoms with Crippen molar-refractivity contribution < 1.29 is 13.0 Å². The summed E-state index contributed by atoms with van der Waals surface area (Å²) < 4.78 is 40.6. The summed E-state index contributed by atoms with van der Waals surface area (Å²) in [7, 11) is -1.14. The highest BCUT2D eigenvalue weighted by Crippen LogP contribution is 2.42. The van der Waals surface area contributed by atoms with Crippen LogP contribution in [0, 0.1) is 5.92 Å². The van der Waals surface area contributed by atoms with E-state index in [9.17, 15) is 13.0 Å². The molecule has 1 aromatic heterocycles. The zero-order chi connectivity index (χ0) is 16.4. The molecule has 2 saturated carbocycles. The fourth-order valence-corrected chi connectivity index (χ4v) is 3.48. The van der Waals surface area contributed by atoms with Gasteiger partial charge in [-0.25, -0.2) is 13.0 Å². The average Bonchev–Trinajstić information content (AvgIpc) is 3.30. The summed E-state index contributed by atoms with van der Waals surface area (Å²) in [5, 5.41) is 0. The van der Waals surface area contributed by atoms with Crippen molar-refractivity contribution in [3.63, 3.8) is 0 Å². The van der Waals surface area contributed by atoms with Crippen molar-refractivity contribution in [1.29, 1.82) is 0 Å². The van der Waals surface area contributed by atoms with Gasteiger partial charge in [0.15, 0.2) is 0 Å². The Hall–Kier alpha value is -1.30. The first kappa shape index (κ1) is 16.6. The third kappa shape index (κ3) is 4.59. The highest BCUT2D eigenvalue weighted by Gasteiger charge is 2.34. The molecule has 0 aliphatic heterocycles. The predicted octanol–water partition coefficient (Wildman–Crippen LogP) is 4.50. The van der Waals surface area contributed by atoms with Gasteiger partial charge in [-0.15, -0.1) is 0 Å². The Balaban J connectivity index is 1.74. The Morgan fingerprint density at radius 2 is 2.00 bits per heavy atom. The largest absolute Gasteiger partial charge is 0.304 e. The number of rotatable bonds is 5. The molecule has 3 nitrogen and oxygen atoms in total. The number of alkyl halides is 2. The number of halogens is 2. The van der Waals surface area contributed by atoms with Crippen molar-refractivity contribution in [2.75, 3.05) is 11.0 Å². The molecule has 3 rings (SSSR count). The number of aromatic nitrogens is 1. The Morgan fingerprint density at radius 1 is 1.30 bits per heavy atom. The van der Waals surface area contributed by atoms with Crippen molar-refractivity contribution in [2.45, 2.75) is 50.4 Å². The highest BCUT2D eigenvalue weighted by molar-refractivity contribution is 7.85. The molecule has 2 fully saturated rings. The van der Waals surface area contributed by atoms with E-state index in [0.29, 0.717) is 18.8 Å². The van der Waals surface area contributed by atoms with Crippen LogP contribution in [0.4, 0.5) is 14.5 Å². The van der Waals surface area contributed by atoms with Crippen LogP contribution in [0.3, 0.4) is 0 Å². The molecule has 0 amide bonds. The number of allylic oxidation sites excluding steroid dienone is 1. The molecule has 0 bridgehead atoms. The minimum absolute atomic E-state index is 0.0217. The summed E-state index contributed by atoms with van der Waals surface area (Å²) in [6.07, 6.45) is 10.7. The lowest BCUT2D eigenvalue weighted by Gasteiger charge is -2.26. The van der Waals surface area contributed by atoms with Crippen LogP contribution < -0.4 is 4.72 Å². The maximum atomic E-state index is 13.2. The van der Waals surface area contributed by atoms with Crippen LogP contribution in [-0.4, -0.2) is 21.4 Å². The van der Waals surface area contributed by atoms with Crippen molar-refractivity contribution in [3.05, 3.63) is 29.6 Å². The minimum atomic E-state index is -2.49. The molecular weight excluding hydrogens is 318 g/mol. The molecule has 1 unspecified atom stereocenters. The van der Waals surface area contributed by atoms with Crippen LogP contribution >= 0.6 is 0 Å². The van der Waals surface area contributed by atoms with E-state index in [-0.39, 0.29) is 18.8 Å². The number of pyridine rings is 1. The van der Waals surface area contributed by atoms with Gasteiger partial charge < -0.3 is 4.72 Å². The first-order chi connectivity index (χ1) is 10.9. The molecule has 1 atom stereocenters. The maximum Gasteiger partial charge on any atom is 0.248 e. The molecule has 2 aliphatic carbocycles. The van der Waals surface area contributed by atoms with Gasteiger partial charge in [0.05, 0.1) is 17.6 Å². The highest BCUT2D eigenvalue weighted by atomic mass is 32.2. The van der Waals surface area contributed by atoms with Crippen LogP contribution in [0.15, 0.2) is 18.3 Å². The minimum Gasteiger partial charge on any atom is -0.304 e. The number of hydrogen-bond acceptors (Lipinski definition) is 2. The van der Waals surface area contributed by atoms with E-state index in [1.165, 1.54) is 0 Å². The Labute approximate surface area is 138 Å². The third-order valence-corrected chi connectivity index (χ3v) is 5.01. The standard InChI is InChI=1S/C17H22F2N2OS/c1-23(22)21-15-10-14(16(20-11-15)13-4-5-13)3-2-12-6-8-17(18,19)9-7-12/h2-3,10-13,21H,4-9H2,1H3/b3-2+. The van der Waals surface area contributed by atoms with Crippen LogP contribution in [0.5, 0.6) is 0 Å². The molecule has 1 aromatic rings. The number of anilines is 1. The first-order valence-corrected chi connectivity index (χ1v) is 9.65. The van der Waals surface area contributed by atoms with Crippen molar-refractivity contribution in [2.24, 2.45) is 5.92 Å². The van der Waals surface area contributed by atoms with E-state index in [0.717, 1.165) is 29.8 Å². The van der Waals surface area contributed by atoms with Crippen LogP contribution in [0.2, 0.25) is 0 Å². The van der Waals surface area contributed by atoms with E-state index in [2.05, 4.69) is 9.71 Å². The molecule has 23 heavy (non-hydrogen) atoms. The fourth-order valence-electron chi connectivity index (χ4n) is 3.04. The fraction of sp³-hybridized carbons (Fsp3) is 0.588. The van der Waals surface area contributed by atoms with Gasteiger partial charge in [-0.1, -0.05) is 12.2 Å². The quantitative estimate of drug-likeness (QED) is 0.857. The molecule has 0 aromatic carbocycles. The van der Waals surface area contributed by atoms with E-state index in [1.807, 2.05) is 18.2 Å². The van der Waals surface area contributed by atoms with Gasteiger partial charge in [-0.2, -0.15) is 0 Å². The van der Waals surface area contributed by atoms with E-state index < -0.39 is 16.9 Å². The van der Waals surface area contributed by atoms with Gasteiger partial charge in [-0.05, 0) is 43.2 Å². The van der Waals surface area contributed by atoms with Crippen molar-refractivity contribution in [1.82, 2.24) is 4.98 Å². The van der Waals surface area contributed by atoms with Gasteiger partial charge in [0.2, 0.25) is 5.92 Å². The summed E-state index contributed by atoms with van der Waals surface area (Å²) in [5.41, 5.74) is 2.81. The molecule has 0 saturated heterocycles. The number of hydrogen-bond donors (Lipinski definition) is 1. The summed E-state index contributed by atoms with van der Waals surface area (Å²) in [4.78, 5) is 4.51. The summed E-state index contributed by atoms with van der Waals surface area (Å²) >= 11 is 0. The second-order valence-electron chi connectivity index (χ2n) is 6.58. The van der Waals surface area contributed by atoms with E-state index >= 15 is 0 Å². The molecular formula is C17H22F2N2OS. The first-order valence-electron chi connectivity index (χ1n) is 8.09. The topological polar surface area (TPSA) is 42.0 Å². The second kappa shape index (κ2) is 6.67. The number of nitrogens with zero attached hydrogens (tertiary/aromatic N) is 1. The normalized spacial score (nSPS) is 23.1. The lowest BCUT2D eigenvalue weighted by atomic mass is 9.86. The molecule has 0 spiro atoms. The third-order valence-electron chi connectivity index (χ3n) is 4.48. The summed E-state index contributed by atoms with van der Waals surface area (Å²) in [5.74, 6) is -1.77. The Bertz CT molecular complexity index is 619. The number of nitrogens with one attached hydrogen (secondary N) is 1. The molecule has 2 aliphatic rings. The average molecular weight is 340 g/mol. The zero-order valence-corrected chi connectivity index (χ0v) is 14.0. The zero-order valence-electron chi connectivity index (χ0n) is 13.2. The van der Waals surface area contributed by atoms with Crippen molar-refractivity contribution in [3.8, 4) is 0 Å². The maximum absolute atomic E-state index is 13.2. The molecule has 126 valence electrons. The summed E-state index contributed by atoms with van der Waals surface area (Å²) in [6, 6.07) is 1.95. The predicted molar refractivity (Wildman–Crippen MR) is 89.8 cm³/mol. The summed E-state index contributed by atoms with van der Waals surface area (Å²) in [6.45, 7) is 0. The van der Waals surface area contributed by atoms with E-state index in [4.69, 9.17) is 0 Å². The van der Waals surface area contributed by atoms with Crippen molar-refractivity contribution >= 4 is 22.7 Å². The molecule has 1 heterocycles. The second-order valence-corrected chi connectivity index (χ2v) is 7.69.